The van der Waals surface area contributed by atoms with Crippen LogP contribution in [-0.2, 0) is 9.59 Å². The maximum Gasteiger partial charge on any atom is 0.308 e. The Morgan fingerprint density at radius 2 is 2.10 bits per heavy atom. The van der Waals surface area contributed by atoms with Crippen molar-refractivity contribution in [3.05, 3.63) is 30.3 Å². The lowest BCUT2D eigenvalue weighted by Crippen LogP contribution is -2.45. The molecule has 21 heavy (non-hydrogen) atoms. The van der Waals surface area contributed by atoms with E-state index in [-0.39, 0.29) is 11.2 Å². The Hall–Kier alpha value is -1.49. The minimum Gasteiger partial charge on any atom is -0.481 e. The average molecular weight is 307 g/mol. The molecule has 2 rings (SSSR count). The zero-order valence-electron chi connectivity index (χ0n) is 12.2. The van der Waals surface area contributed by atoms with Crippen LogP contribution in [0.2, 0.25) is 0 Å². The number of nitrogens with zero attached hydrogens (tertiary/aromatic N) is 1. The van der Waals surface area contributed by atoms with Gasteiger partial charge in [-0.2, -0.15) is 0 Å². The van der Waals surface area contributed by atoms with E-state index in [0.29, 0.717) is 19.5 Å². The Kier molecular flexibility index (Phi) is 5.67. The second-order valence-corrected chi connectivity index (χ2v) is 6.57. The molecule has 1 heterocycles. The number of carboxylic acids is 1. The molecule has 1 aromatic rings. The molecule has 0 saturated carbocycles. The van der Waals surface area contributed by atoms with E-state index in [2.05, 4.69) is 0 Å². The number of rotatable bonds is 5. The molecule has 1 aliphatic rings. The predicted molar refractivity (Wildman–Crippen MR) is 83.3 cm³/mol. The van der Waals surface area contributed by atoms with Crippen LogP contribution in [0.5, 0.6) is 0 Å². The van der Waals surface area contributed by atoms with Gasteiger partial charge < -0.3 is 10.0 Å². The van der Waals surface area contributed by atoms with Crippen molar-refractivity contribution in [3.63, 3.8) is 0 Å². The largest absolute Gasteiger partial charge is 0.481 e. The first-order chi connectivity index (χ1) is 10.1. The fourth-order valence-corrected chi connectivity index (χ4v) is 3.61. The number of carbonyl (C=O) groups is 2. The van der Waals surface area contributed by atoms with Gasteiger partial charge in [0.15, 0.2) is 0 Å². The summed E-state index contributed by atoms with van der Waals surface area (Å²) in [7, 11) is 0. The van der Waals surface area contributed by atoms with Crippen molar-refractivity contribution >= 4 is 23.6 Å². The van der Waals surface area contributed by atoms with Gasteiger partial charge in [-0.15, -0.1) is 11.8 Å². The number of thioether (sulfide) groups is 1. The lowest BCUT2D eigenvalue weighted by Gasteiger charge is -2.33. The zero-order chi connectivity index (χ0) is 15.2. The van der Waals surface area contributed by atoms with Crippen molar-refractivity contribution in [2.45, 2.75) is 36.3 Å². The smallest absolute Gasteiger partial charge is 0.308 e. The molecule has 0 aromatic heterocycles. The number of carboxylic acid groups (broad SMARTS) is 1. The van der Waals surface area contributed by atoms with Crippen LogP contribution >= 0.6 is 11.8 Å². The fourth-order valence-electron chi connectivity index (χ4n) is 2.55. The quantitative estimate of drug-likeness (QED) is 0.850. The van der Waals surface area contributed by atoms with Gasteiger partial charge in [-0.25, -0.2) is 0 Å². The number of benzene rings is 1. The second kappa shape index (κ2) is 7.50. The summed E-state index contributed by atoms with van der Waals surface area (Å²) >= 11 is 1.56. The Morgan fingerprint density at radius 3 is 2.71 bits per heavy atom. The van der Waals surface area contributed by atoms with Gasteiger partial charge in [-0.1, -0.05) is 25.1 Å². The average Bonchev–Trinajstić information content (AvgIpc) is 2.53. The van der Waals surface area contributed by atoms with E-state index in [9.17, 15) is 9.59 Å². The Labute approximate surface area is 129 Å². The molecule has 1 amide bonds. The Morgan fingerprint density at radius 1 is 1.38 bits per heavy atom. The Bertz CT molecular complexity index is 492. The third-order valence-corrected chi connectivity index (χ3v) is 5.11. The van der Waals surface area contributed by atoms with Crippen molar-refractivity contribution in [1.82, 2.24) is 4.90 Å². The van der Waals surface area contributed by atoms with Gasteiger partial charge in [0.1, 0.15) is 0 Å². The summed E-state index contributed by atoms with van der Waals surface area (Å²) in [5.41, 5.74) is 0. The van der Waals surface area contributed by atoms with E-state index in [1.807, 2.05) is 37.3 Å². The van der Waals surface area contributed by atoms with Gasteiger partial charge in [0.2, 0.25) is 5.91 Å². The molecule has 0 bridgehead atoms. The topological polar surface area (TPSA) is 57.6 Å². The highest BCUT2D eigenvalue weighted by Crippen LogP contribution is 2.28. The first-order valence-corrected chi connectivity index (χ1v) is 8.23. The minimum atomic E-state index is -0.795. The van der Waals surface area contributed by atoms with Crippen LogP contribution in [0.1, 0.15) is 26.2 Å². The molecular formula is C16H21NO3S. The van der Waals surface area contributed by atoms with Crippen LogP contribution in [0.25, 0.3) is 0 Å². The highest BCUT2D eigenvalue weighted by atomic mass is 32.2. The summed E-state index contributed by atoms with van der Waals surface area (Å²) in [6, 6.07) is 9.87. The molecule has 4 nitrogen and oxygen atoms in total. The maximum absolute atomic E-state index is 12.6. The first kappa shape index (κ1) is 15.9. The van der Waals surface area contributed by atoms with E-state index in [0.717, 1.165) is 17.7 Å². The summed E-state index contributed by atoms with van der Waals surface area (Å²) < 4.78 is 0. The normalized spacial score (nSPS) is 20.0. The van der Waals surface area contributed by atoms with Crippen LogP contribution in [0.3, 0.4) is 0 Å². The van der Waals surface area contributed by atoms with Crippen LogP contribution in [-0.4, -0.2) is 40.2 Å². The molecule has 1 aliphatic heterocycles. The van der Waals surface area contributed by atoms with Crippen molar-refractivity contribution in [1.29, 1.82) is 0 Å². The van der Waals surface area contributed by atoms with Crippen molar-refractivity contribution in [2.24, 2.45) is 5.92 Å². The van der Waals surface area contributed by atoms with E-state index in [1.54, 1.807) is 16.7 Å². The van der Waals surface area contributed by atoms with E-state index in [1.165, 1.54) is 0 Å². The standard InChI is InChI=1S/C16H21NO3S/c1-2-14(21-13-8-4-3-5-9-13)15(18)17-10-6-7-12(11-17)16(19)20/h3-5,8-9,12,14H,2,6-7,10-11H2,1H3,(H,19,20)/t12-,14?/m0/s1. The van der Waals surface area contributed by atoms with Crippen LogP contribution in [0, 0.1) is 5.92 Å². The highest BCUT2D eigenvalue weighted by Gasteiger charge is 2.31. The number of hydrogen-bond donors (Lipinski definition) is 1. The Balaban J connectivity index is 2.00. The van der Waals surface area contributed by atoms with Crippen molar-refractivity contribution in [3.8, 4) is 0 Å². The monoisotopic (exact) mass is 307 g/mol. The zero-order valence-corrected chi connectivity index (χ0v) is 13.0. The molecule has 114 valence electrons. The summed E-state index contributed by atoms with van der Waals surface area (Å²) in [5, 5.41) is 8.99. The lowest BCUT2D eigenvalue weighted by molar-refractivity contribution is -0.145. The maximum atomic E-state index is 12.6. The number of amides is 1. The molecular weight excluding hydrogens is 286 g/mol. The molecule has 0 aliphatic carbocycles. The SMILES string of the molecule is CCC(Sc1ccccc1)C(=O)N1CCC[C@H](C(=O)O)C1. The summed E-state index contributed by atoms with van der Waals surface area (Å²) in [4.78, 5) is 26.5. The predicted octanol–water partition coefficient (Wildman–Crippen LogP) is 2.88. The summed E-state index contributed by atoms with van der Waals surface area (Å²) in [5.74, 6) is -1.14. The van der Waals surface area contributed by atoms with Crippen LogP contribution < -0.4 is 0 Å². The molecule has 0 radical (unpaired) electrons. The number of carbonyl (C=O) groups excluding carboxylic acids is 1. The molecule has 1 unspecified atom stereocenters. The molecule has 1 fully saturated rings. The number of hydrogen-bond acceptors (Lipinski definition) is 3. The number of piperidine rings is 1. The van der Waals surface area contributed by atoms with Gasteiger partial charge in [0.05, 0.1) is 11.2 Å². The first-order valence-electron chi connectivity index (χ1n) is 7.35. The second-order valence-electron chi connectivity index (χ2n) is 5.29. The van der Waals surface area contributed by atoms with E-state index in [4.69, 9.17) is 5.11 Å². The van der Waals surface area contributed by atoms with Gasteiger partial charge in [0, 0.05) is 18.0 Å². The van der Waals surface area contributed by atoms with Gasteiger partial charge in [-0.05, 0) is 31.4 Å². The molecule has 1 aromatic carbocycles. The minimum absolute atomic E-state index is 0.0669. The van der Waals surface area contributed by atoms with E-state index < -0.39 is 11.9 Å². The van der Waals surface area contributed by atoms with Crippen LogP contribution in [0.4, 0.5) is 0 Å². The molecule has 1 saturated heterocycles. The van der Waals surface area contributed by atoms with Crippen LogP contribution in [0.15, 0.2) is 35.2 Å². The van der Waals surface area contributed by atoms with Crippen molar-refractivity contribution in [2.75, 3.05) is 13.1 Å². The number of aliphatic carboxylic acids is 1. The van der Waals surface area contributed by atoms with Gasteiger partial charge >= 0.3 is 5.97 Å². The lowest BCUT2D eigenvalue weighted by atomic mass is 9.98. The van der Waals surface area contributed by atoms with Gasteiger partial charge in [0.25, 0.3) is 0 Å². The fraction of sp³-hybridized carbons (Fsp3) is 0.500. The van der Waals surface area contributed by atoms with E-state index >= 15 is 0 Å². The van der Waals surface area contributed by atoms with Crippen molar-refractivity contribution < 1.29 is 14.7 Å². The summed E-state index contributed by atoms with van der Waals surface area (Å²) in [6.45, 7) is 3.02. The summed E-state index contributed by atoms with van der Waals surface area (Å²) in [6.07, 6.45) is 2.18. The van der Waals surface area contributed by atoms with Gasteiger partial charge in [-0.3, -0.25) is 9.59 Å². The third kappa shape index (κ3) is 4.24. The third-order valence-electron chi connectivity index (χ3n) is 3.75. The molecule has 2 atom stereocenters. The molecule has 5 heteroatoms. The highest BCUT2D eigenvalue weighted by molar-refractivity contribution is 8.00. The number of likely N-dealkylation sites (tertiary alicyclic amines) is 1. The molecule has 0 spiro atoms. The molecule has 1 N–H and O–H groups in total.